The van der Waals surface area contributed by atoms with Crippen molar-refractivity contribution in [3.05, 3.63) is 59.1 Å². The van der Waals surface area contributed by atoms with E-state index in [1.165, 1.54) is 31.3 Å². The molecule has 0 aliphatic carbocycles. The Balaban J connectivity index is 1.63. The van der Waals surface area contributed by atoms with Gasteiger partial charge in [-0.25, -0.2) is 8.42 Å². The van der Waals surface area contributed by atoms with Crippen LogP contribution in [0.4, 0.5) is 5.69 Å². The molecule has 2 aromatic carbocycles. The van der Waals surface area contributed by atoms with Crippen molar-refractivity contribution in [2.75, 3.05) is 32.1 Å². The van der Waals surface area contributed by atoms with Crippen LogP contribution in [0.2, 0.25) is 5.02 Å². The SMILES string of the molecule is CN(CC(=O)Nc1ccccc1C(=O)NC[C@@H]1CCCO1)S(=O)(=O)c1ccc(Cl)cc1. The van der Waals surface area contributed by atoms with Crippen LogP contribution in [0.3, 0.4) is 0 Å². The summed E-state index contributed by atoms with van der Waals surface area (Å²) < 4.78 is 31.7. The van der Waals surface area contributed by atoms with Gasteiger partial charge in [0.05, 0.1) is 28.8 Å². The molecule has 0 aromatic heterocycles. The summed E-state index contributed by atoms with van der Waals surface area (Å²) in [5.74, 6) is -0.909. The third kappa shape index (κ3) is 6.04. The standard InChI is InChI=1S/C21H24ClN3O5S/c1-25(31(28,29)17-10-8-15(22)9-11-17)14-20(26)24-19-7-3-2-6-18(19)21(27)23-13-16-5-4-12-30-16/h2-3,6-11,16H,4-5,12-14H2,1H3,(H,23,27)(H,24,26)/t16-/m0/s1. The van der Waals surface area contributed by atoms with E-state index < -0.39 is 22.5 Å². The molecule has 1 aliphatic heterocycles. The Hall–Kier alpha value is -2.46. The van der Waals surface area contributed by atoms with Crippen molar-refractivity contribution >= 4 is 39.1 Å². The van der Waals surface area contributed by atoms with E-state index >= 15 is 0 Å². The van der Waals surface area contributed by atoms with E-state index in [-0.39, 0.29) is 22.5 Å². The van der Waals surface area contributed by atoms with Crippen molar-refractivity contribution in [1.82, 2.24) is 9.62 Å². The molecule has 0 spiro atoms. The molecule has 166 valence electrons. The highest BCUT2D eigenvalue weighted by molar-refractivity contribution is 7.89. The third-order valence-electron chi connectivity index (χ3n) is 4.85. The van der Waals surface area contributed by atoms with Gasteiger partial charge >= 0.3 is 0 Å². The maximum absolute atomic E-state index is 12.6. The van der Waals surface area contributed by atoms with Crippen LogP contribution in [0.25, 0.3) is 0 Å². The van der Waals surface area contributed by atoms with Crippen molar-refractivity contribution in [2.24, 2.45) is 0 Å². The van der Waals surface area contributed by atoms with Crippen LogP contribution in [0.1, 0.15) is 23.2 Å². The van der Waals surface area contributed by atoms with Gasteiger partial charge < -0.3 is 15.4 Å². The Morgan fingerprint density at radius 1 is 1.16 bits per heavy atom. The molecule has 1 atom stereocenters. The molecule has 0 bridgehead atoms. The van der Waals surface area contributed by atoms with Gasteiger partial charge in [0.25, 0.3) is 5.91 Å². The number of nitrogens with zero attached hydrogens (tertiary/aromatic N) is 1. The molecule has 0 unspecified atom stereocenters. The highest BCUT2D eigenvalue weighted by atomic mass is 35.5. The number of hydrogen-bond donors (Lipinski definition) is 2. The number of benzene rings is 2. The monoisotopic (exact) mass is 465 g/mol. The lowest BCUT2D eigenvalue weighted by Gasteiger charge is -2.18. The summed E-state index contributed by atoms with van der Waals surface area (Å²) in [6.07, 6.45) is 1.87. The van der Waals surface area contributed by atoms with Crippen molar-refractivity contribution in [2.45, 2.75) is 23.8 Å². The van der Waals surface area contributed by atoms with Gasteiger partial charge in [0.2, 0.25) is 15.9 Å². The Kier molecular flexibility index (Phi) is 7.66. The van der Waals surface area contributed by atoms with Gasteiger partial charge in [-0.2, -0.15) is 4.31 Å². The van der Waals surface area contributed by atoms with Crippen molar-refractivity contribution < 1.29 is 22.7 Å². The summed E-state index contributed by atoms with van der Waals surface area (Å²) in [6.45, 7) is 0.666. The van der Waals surface area contributed by atoms with E-state index in [1.807, 2.05) is 0 Å². The zero-order valence-corrected chi connectivity index (χ0v) is 18.6. The molecule has 1 aliphatic rings. The second-order valence-electron chi connectivity index (χ2n) is 7.15. The average Bonchev–Trinajstić information content (AvgIpc) is 3.26. The highest BCUT2D eigenvalue weighted by Crippen LogP contribution is 2.19. The Morgan fingerprint density at radius 3 is 2.55 bits per heavy atom. The molecule has 3 rings (SSSR count). The van der Waals surface area contributed by atoms with E-state index in [2.05, 4.69) is 10.6 Å². The molecule has 0 radical (unpaired) electrons. The smallest absolute Gasteiger partial charge is 0.253 e. The molecule has 1 saturated heterocycles. The highest BCUT2D eigenvalue weighted by Gasteiger charge is 2.24. The number of ether oxygens (including phenoxy) is 1. The molecular weight excluding hydrogens is 442 g/mol. The number of likely N-dealkylation sites (N-methyl/N-ethyl adjacent to an activating group) is 1. The van der Waals surface area contributed by atoms with Crippen LogP contribution in [0, 0.1) is 0 Å². The summed E-state index contributed by atoms with van der Waals surface area (Å²) in [5.41, 5.74) is 0.590. The minimum atomic E-state index is -3.87. The zero-order valence-electron chi connectivity index (χ0n) is 17.0. The molecule has 2 amide bonds. The fourth-order valence-corrected chi connectivity index (χ4v) is 4.41. The quantitative estimate of drug-likeness (QED) is 0.623. The normalized spacial score (nSPS) is 16.3. The van der Waals surface area contributed by atoms with Gasteiger partial charge in [-0.05, 0) is 49.2 Å². The number of anilines is 1. The number of rotatable bonds is 8. The van der Waals surface area contributed by atoms with Crippen LogP contribution >= 0.6 is 11.6 Å². The number of para-hydroxylation sites is 1. The van der Waals surface area contributed by atoms with Crippen LogP contribution in [-0.2, 0) is 19.6 Å². The number of carbonyl (C=O) groups excluding carboxylic acids is 2. The molecule has 2 aromatic rings. The van der Waals surface area contributed by atoms with Crippen LogP contribution in [0.15, 0.2) is 53.4 Å². The fourth-order valence-electron chi connectivity index (χ4n) is 3.16. The summed E-state index contributed by atoms with van der Waals surface area (Å²) >= 11 is 5.80. The largest absolute Gasteiger partial charge is 0.376 e. The predicted octanol–water partition coefficient (Wildman–Crippen LogP) is 2.51. The molecule has 10 heteroatoms. The summed E-state index contributed by atoms with van der Waals surface area (Å²) in [7, 11) is -2.56. The fraction of sp³-hybridized carbons (Fsp3) is 0.333. The lowest BCUT2D eigenvalue weighted by molar-refractivity contribution is -0.116. The van der Waals surface area contributed by atoms with E-state index in [4.69, 9.17) is 16.3 Å². The van der Waals surface area contributed by atoms with Crippen molar-refractivity contribution in [3.63, 3.8) is 0 Å². The van der Waals surface area contributed by atoms with Crippen LogP contribution in [0.5, 0.6) is 0 Å². The van der Waals surface area contributed by atoms with Gasteiger partial charge in [0, 0.05) is 25.2 Å². The van der Waals surface area contributed by atoms with Gasteiger partial charge in [0.1, 0.15) is 0 Å². The third-order valence-corrected chi connectivity index (χ3v) is 6.92. The zero-order chi connectivity index (χ0) is 22.4. The van der Waals surface area contributed by atoms with E-state index in [0.29, 0.717) is 23.9 Å². The second-order valence-corrected chi connectivity index (χ2v) is 9.64. The van der Waals surface area contributed by atoms with Gasteiger partial charge in [-0.3, -0.25) is 9.59 Å². The van der Waals surface area contributed by atoms with Crippen molar-refractivity contribution in [1.29, 1.82) is 0 Å². The first-order valence-electron chi connectivity index (χ1n) is 9.78. The minimum absolute atomic E-state index is 0.00238. The summed E-state index contributed by atoms with van der Waals surface area (Å²) in [4.78, 5) is 25.1. The van der Waals surface area contributed by atoms with Crippen LogP contribution in [-0.4, -0.2) is 57.4 Å². The summed E-state index contributed by atoms with van der Waals surface area (Å²) in [6, 6.07) is 12.2. The number of nitrogens with one attached hydrogen (secondary N) is 2. The molecule has 2 N–H and O–H groups in total. The lowest BCUT2D eigenvalue weighted by Crippen LogP contribution is -2.36. The molecule has 1 fully saturated rings. The Morgan fingerprint density at radius 2 is 1.87 bits per heavy atom. The number of halogens is 1. The lowest BCUT2D eigenvalue weighted by atomic mass is 10.1. The molecule has 0 saturated carbocycles. The van der Waals surface area contributed by atoms with Crippen molar-refractivity contribution in [3.8, 4) is 0 Å². The predicted molar refractivity (Wildman–Crippen MR) is 118 cm³/mol. The first-order chi connectivity index (χ1) is 14.8. The van der Waals surface area contributed by atoms with E-state index in [1.54, 1.807) is 24.3 Å². The number of carbonyl (C=O) groups is 2. The maximum atomic E-state index is 12.6. The number of sulfonamides is 1. The topological polar surface area (TPSA) is 105 Å². The average molecular weight is 466 g/mol. The molecule has 31 heavy (non-hydrogen) atoms. The minimum Gasteiger partial charge on any atom is -0.376 e. The first kappa shape index (κ1) is 23.2. The Labute approximate surface area is 186 Å². The number of hydrogen-bond acceptors (Lipinski definition) is 5. The van der Waals surface area contributed by atoms with E-state index in [9.17, 15) is 18.0 Å². The van der Waals surface area contributed by atoms with Gasteiger partial charge in [-0.1, -0.05) is 23.7 Å². The molecule has 1 heterocycles. The molecule has 8 nitrogen and oxygen atoms in total. The second kappa shape index (κ2) is 10.2. The molecular formula is C21H24ClN3O5S. The van der Waals surface area contributed by atoms with Gasteiger partial charge in [0.15, 0.2) is 0 Å². The number of amides is 2. The van der Waals surface area contributed by atoms with Gasteiger partial charge in [-0.15, -0.1) is 0 Å². The maximum Gasteiger partial charge on any atom is 0.253 e. The van der Waals surface area contributed by atoms with Crippen LogP contribution < -0.4 is 10.6 Å². The summed E-state index contributed by atoms with van der Waals surface area (Å²) in [5, 5.41) is 5.85. The van der Waals surface area contributed by atoms with E-state index in [0.717, 1.165) is 17.1 Å². The first-order valence-corrected chi connectivity index (χ1v) is 11.6. The Bertz CT molecular complexity index is 1040.